The average molecular weight is 385 g/mol. The van der Waals surface area contributed by atoms with Crippen LogP contribution in [0.15, 0.2) is 48.5 Å². The van der Waals surface area contributed by atoms with Crippen LogP contribution >= 0.6 is 0 Å². The van der Waals surface area contributed by atoms with E-state index in [1.54, 1.807) is 25.3 Å². The minimum Gasteiger partial charge on any atom is -0.497 e. The molecule has 0 saturated heterocycles. The number of carbonyl (C=O) groups is 2. The van der Waals surface area contributed by atoms with Crippen molar-refractivity contribution in [3.05, 3.63) is 59.7 Å². The van der Waals surface area contributed by atoms with Crippen molar-refractivity contribution in [2.75, 3.05) is 27.9 Å². The van der Waals surface area contributed by atoms with Crippen LogP contribution in [0.3, 0.4) is 0 Å². The Labute approximate surface area is 163 Å². The molecule has 2 aromatic rings. The van der Waals surface area contributed by atoms with Crippen LogP contribution in [0.4, 0.5) is 0 Å². The van der Waals surface area contributed by atoms with E-state index in [4.69, 9.17) is 18.9 Å². The first-order chi connectivity index (χ1) is 13.6. The van der Waals surface area contributed by atoms with E-state index in [-0.39, 0.29) is 6.61 Å². The van der Waals surface area contributed by atoms with E-state index in [0.29, 0.717) is 29.4 Å². The average Bonchev–Trinajstić information content (AvgIpc) is 2.74. The van der Waals surface area contributed by atoms with Crippen LogP contribution in [-0.2, 0) is 20.9 Å². The minimum absolute atomic E-state index is 0.310. The molecule has 148 valence electrons. The number of nitrogens with one attached hydrogen (secondary N) is 1. The van der Waals surface area contributed by atoms with Crippen LogP contribution in [0.2, 0.25) is 0 Å². The Kier molecular flexibility index (Phi) is 7.90. The number of ether oxygens (including phenoxy) is 4. The van der Waals surface area contributed by atoms with Crippen LogP contribution in [-0.4, -0.2) is 39.8 Å². The molecular formula is C21H23NO6. The van der Waals surface area contributed by atoms with Gasteiger partial charge in [0.25, 0.3) is 5.91 Å². The first-order valence-corrected chi connectivity index (χ1v) is 8.52. The predicted molar refractivity (Wildman–Crippen MR) is 104 cm³/mol. The van der Waals surface area contributed by atoms with Crippen molar-refractivity contribution in [3.63, 3.8) is 0 Å². The second kappa shape index (κ2) is 10.6. The summed E-state index contributed by atoms with van der Waals surface area (Å²) >= 11 is 0. The summed E-state index contributed by atoms with van der Waals surface area (Å²) in [5.41, 5.74) is 1.53. The smallest absolute Gasteiger partial charge is 0.331 e. The molecule has 0 bridgehead atoms. The molecule has 2 aromatic carbocycles. The minimum atomic E-state index is -0.638. The molecular weight excluding hydrogens is 362 g/mol. The zero-order chi connectivity index (χ0) is 20.4. The Balaban J connectivity index is 1.83. The molecule has 0 saturated carbocycles. The van der Waals surface area contributed by atoms with Crippen LogP contribution in [0.1, 0.15) is 11.1 Å². The van der Waals surface area contributed by atoms with Crippen LogP contribution in [0.25, 0.3) is 6.08 Å². The molecule has 0 unspecified atom stereocenters. The van der Waals surface area contributed by atoms with Gasteiger partial charge in [0.15, 0.2) is 18.1 Å². The van der Waals surface area contributed by atoms with Gasteiger partial charge in [0, 0.05) is 18.2 Å². The van der Waals surface area contributed by atoms with Gasteiger partial charge in [-0.05, 0) is 29.8 Å². The van der Waals surface area contributed by atoms with Crippen molar-refractivity contribution in [2.24, 2.45) is 0 Å². The van der Waals surface area contributed by atoms with Crippen molar-refractivity contribution in [1.29, 1.82) is 0 Å². The fourth-order valence-corrected chi connectivity index (χ4v) is 2.42. The molecule has 0 aliphatic carbocycles. The maximum Gasteiger partial charge on any atom is 0.331 e. The lowest BCUT2D eigenvalue weighted by atomic mass is 10.1. The van der Waals surface area contributed by atoms with E-state index in [9.17, 15) is 9.59 Å². The summed E-state index contributed by atoms with van der Waals surface area (Å²) in [4.78, 5) is 23.7. The van der Waals surface area contributed by atoms with E-state index >= 15 is 0 Å². The Morgan fingerprint density at radius 3 is 2.50 bits per heavy atom. The maximum absolute atomic E-state index is 11.9. The molecule has 2 rings (SSSR count). The molecule has 1 amide bonds. The summed E-state index contributed by atoms with van der Waals surface area (Å²) < 4.78 is 20.6. The van der Waals surface area contributed by atoms with Gasteiger partial charge in [-0.1, -0.05) is 24.3 Å². The number of carbonyl (C=O) groups excluding carboxylic acids is 2. The molecule has 1 N–H and O–H groups in total. The number of esters is 1. The van der Waals surface area contributed by atoms with Crippen LogP contribution in [0.5, 0.6) is 17.2 Å². The number of methoxy groups -OCH3 is 3. The van der Waals surface area contributed by atoms with E-state index in [2.05, 4.69) is 5.32 Å². The van der Waals surface area contributed by atoms with E-state index in [0.717, 1.165) is 5.56 Å². The number of benzene rings is 2. The summed E-state index contributed by atoms with van der Waals surface area (Å²) in [5, 5.41) is 2.68. The topological polar surface area (TPSA) is 83.1 Å². The van der Waals surface area contributed by atoms with Gasteiger partial charge in [0.2, 0.25) is 0 Å². The lowest BCUT2D eigenvalue weighted by Gasteiger charge is -2.09. The monoisotopic (exact) mass is 385 g/mol. The third-order valence-electron chi connectivity index (χ3n) is 3.80. The van der Waals surface area contributed by atoms with Gasteiger partial charge < -0.3 is 24.3 Å². The number of para-hydroxylation sites is 1. The van der Waals surface area contributed by atoms with Gasteiger partial charge in [0.1, 0.15) is 5.75 Å². The van der Waals surface area contributed by atoms with Crippen LogP contribution in [0, 0.1) is 0 Å². The molecule has 0 radical (unpaired) electrons. The molecule has 0 aliphatic rings. The second-order valence-electron chi connectivity index (χ2n) is 5.65. The first kappa shape index (κ1) is 20.8. The molecule has 0 fully saturated rings. The lowest BCUT2D eigenvalue weighted by Crippen LogP contribution is -2.28. The molecule has 0 spiro atoms. The molecule has 7 heteroatoms. The quantitative estimate of drug-likeness (QED) is 0.528. The zero-order valence-electron chi connectivity index (χ0n) is 16.1. The molecule has 0 aliphatic heterocycles. The second-order valence-corrected chi connectivity index (χ2v) is 5.65. The molecule has 0 atom stereocenters. The summed E-state index contributed by atoms with van der Waals surface area (Å²) in [6.07, 6.45) is 2.77. The van der Waals surface area contributed by atoms with Gasteiger partial charge >= 0.3 is 5.97 Å². The Morgan fingerprint density at radius 1 is 1.00 bits per heavy atom. The molecule has 0 aromatic heterocycles. The standard InChI is InChI=1S/C21H23NO6/c1-25-17-8-4-6-15(12-17)13-22-19(23)14-28-20(24)11-10-16-7-5-9-18(26-2)21(16)27-3/h4-12H,13-14H2,1-3H3,(H,22,23)/b11-10+. The summed E-state index contributed by atoms with van der Waals surface area (Å²) in [6.45, 7) is -0.0627. The lowest BCUT2D eigenvalue weighted by molar-refractivity contribution is -0.143. The van der Waals surface area contributed by atoms with Crippen molar-refractivity contribution in [3.8, 4) is 17.2 Å². The first-order valence-electron chi connectivity index (χ1n) is 8.52. The number of hydrogen-bond acceptors (Lipinski definition) is 6. The number of rotatable bonds is 9. The van der Waals surface area contributed by atoms with Gasteiger partial charge in [-0.2, -0.15) is 0 Å². The highest BCUT2D eigenvalue weighted by molar-refractivity contribution is 5.89. The SMILES string of the molecule is COc1cccc(CNC(=O)COC(=O)/C=C/c2cccc(OC)c2OC)c1. The highest BCUT2D eigenvalue weighted by atomic mass is 16.5. The van der Waals surface area contributed by atoms with Gasteiger partial charge in [0.05, 0.1) is 21.3 Å². The van der Waals surface area contributed by atoms with Gasteiger partial charge in [-0.25, -0.2) is 4.79 Å². The fourth-order valence-electron chi connectivity index (χ4n) is 2.42. The molecule has 0 heterocycles. The van der Waals surface area contributed by atoms with E-state index in [1.165, 1.54) is 26.4 Å². The van der Waals surface area contributed by atoms with E-state index in [1.807, 2.05) is 24.3 Å². The van der Waals surface area contributed by atoms with Crippen molar-refractivity contribution >= 4 is 18.0 Å². The van der Waals surface area contributed by atoms with Crippen molar-refractivity contribution in [2.45, 2.75) is 6.54 Å². The highest BCUT2D eigenvalue weighted by Gasteiger charge is 2.09. The maximum atomic E-state index is 11.9. The van der Waals surface area contributed by atoms with Crippen molar-refractivity contribution in [1.82, 2.24) is 5.32 Å². The zero-order valence-corrected chi connectivity index (χ0v) is 16.1. The fraction of sp³-hybridized carbons (Fsp3) is 0.238. The Hall–Kier alpha value is -3.48. The summed E-state index contributed by atoms with van der Waals surface area (Å²) in [7, 11) is 4.62. The molecule has 7 nitrogen and oxygen atoms in total. The predicted octanol–water partition coefficient (Wildman–Crippen LogP) is 2.59. The van der Waals surface area contributed by atoms with Gasteiger partial charge in [-0.15, -0.1) is 0 Å². The van der Waals surface area contributed by atoms with Gasteiger partial charge in [-0.3, -0.25) is 4.79 Å². The largest absolute Gasteiger partial charge is 0.497 e. The number of hydrogen-bond donors (Lipinski definition) is 1. The van der Waals surface area contributed by atoms with E-state index < -0.39 is 11.9 Å². The number of amides is 1. The highest BCUT2D eigenvalue weighted by Crippen LogP contribution is 2.31. The third-order valence-corrected chi connectivity index (χ3v) is 3.80. The third kappa shape index (κ3) is 6.05. The Morgan fingerprint density at radius 2 is 1.79 bits per heavy atom. The van der Waals surface area contributed by atoms with Crippen molar-refractivity contribution < 1.29 is 28.5 Å². The van der Waals surface area contributed by atoms with Crippen LogP contribution < -0.4 is 19.5 Å². The molecule has 28 heavy (non-hydrogen) atoms. The Bertz CT molecular complexity index is 847. The normalized spacial score (nSPS) is 10.4. The summed E-state index contributed by atoms with van der Waals surface area (Å²) in [5.74, 6) is 0.723. The summed E-state index contributed by atoms with van der Waals surface area (Å²) in [6, 6.07) is 12.6.